The quantitative estimate of drug-likeness (QED) is 0.697. The molecule has 1 N–H and O–H groups in total. The summed E-state index contributed by atoms with van der Waals surface area (Å²) in [4.78, 5) is 12.7. The Morgan fingerprint density at radius 2 is 1.50 bits per heavy atom. The Hall–Kier alpha value is -0.770. The van der Waals surface area contributed by atoms with Crippen molar-refractivity contribution >= 4 is 6.03 Å². The van der Waals surface area contributed by atoms with Crippen molar-refractivity contribution < 1.29 is 9.53 Å². The average molecular weight is 232 g/mol. The SMILES string of the molecule is CCC.CCC.CNC(=O)N1CCOCC1. The number of morpholine rings is 1. The lowest BCUT2D eigenvalue weighted by molar-refractivity contribution is 0.0537. The van der Waals surface area contributed by atoms with Crippen LogP contribution in [0.2, 0.25) is 0 Å². The fourth-order valence-electron chi connectivity index (χ4n) is 0.925. The molecule has 1 saturated heterocycles. The van der Waals surface area contributed by atoms with E-state index < -0.39 is 0 Å². The van der Waals surface area contributed by atoms with Crippen LogP contribution in [-0.2, 0) is 4.74 Å². The minimum atomic E-state index is -0.0108. The molecule has 0 aromatic carbocycles. The van der Waals surface area contributed by atoms with Gasteiger partial charge in [0, 0.05) is 20.1 Å². The predicted octanol–water partition coefficient (Wildman–Crippen LogP) is 2.49. The van der Waals surface area contributed by atoms with Crippen LogP contribution in [0, 0.1) is 0 Å². The number of nitrogens with zero attached hydrogens (tertiary/aromatic N) is 1. The first kappa shape index (κ1) is 17.6. The van der Waals surface area contributed by atoms with Gasteiger partial charge >= 0.3 is 6.03 Å². The summed E-state index contributed by atoms with van der Waals surface area (Å²) < 4.78 is 5.07. The van der Waals surface area contributed by atoms with Crippen LogP contribution in [0.25, 0.3) is 0 Å². The zero-order valence-electron chi connectivity index (χ0n) is 11.5. The molecule has 0 aromatic heterocycles. The molecular weight excluding hydrogens is 204 g/mol. The number of amides is 2. The fraction of sp³-hybridized carbons (Fsp3) is 0.917. The van der Waals surface area contributed by atoms with Crippen LogP contribution in [0.15, 0.2) is 0 Å². The minimum absolute atomic E-state index is 0.0108. The molecule has 1 aliphatic heterocycles. The Kier molecular flexibility index (Phi) is 15.7. The Morgan fingerprint density at radius 3 is 1.81 bits per heavy atom. The summed E-state index contributed by atoms with van der Waals surface area (Å²) in [5, 5.41) is 2.57. The molecule has 16 heavy (non-hydrogen) atoms. The van der Waals surface area contributed by atoms with Crippen molar-refractivity contribution in [3.8, 4) is 0 Å². The summed E-state index contributed by atoms with van der Waals surface area (Å²) in [5.41, 5.74) is 0. The van der Waals surface area contributed by atoms with Gasteiger partial charge in [0.2, 0.25) is 0 Å². The van der Waals surface area contributed by atoms with Crippen LogP contribution in [-0.4, -0.2) is 44.3 Å². The number of carbonyl (C=O) groups excluding carboxylic acids is 1. The molecule has 0 aromatic rings. The van der Waals surface area contributed by atoms with Crippen LogP contribution < -0.4 is 5.32 Å². The minimum Gasteiger partial charge on any atom is -0.378 e. The van der Waals surface area contributed by atoms with E-state index in [1.54, 1.807) is 11.9 Å². The van der Waals surface area contributed by atoms with Gasteiger partial charge in [0.05, 0.1) is 13.2 Å². The van der Waals surface area contributed by atoms with Crippen molar-refractivity contribution in [1.82, 2.24) is 10.2 Å². The van der Waals surface area contributed by atoms with Gasteiger partial charge in [0.25, 0.3) is 0 Å². The van der Waals surface area contributed by atoms with Crippen LogP contribution in [0.4, 0.5) is 4.79 Å². The lowest BCUT2D eigenvalue weighted by atomic mass is 10.4. The maximum Gasteiger partial charge on any atom is 0.317 e. The second kappa shape index (κ2) is 14.2. The molecule has 0 radical (unpaired) electrons. The third kappa shape index (κ3) is 11.3. The second-order valence-corrected chi connectivity index (χ2v) is 3.57. The summed E-state index contributed by atoms with van der Waals surface area (Å²) in [5.74, 6) is 0. The van der Waals surface area contributed by atoms with Crippen molar-refractivity contribution in [1.29, 1.82) is 0 Å². The van der Waals surface area contributed by atoms with E-state index in [9.17, 15) is 4.79 Å². The van der Waals surface area contributed by atoms with Crippen LogP contribution in [0.1, 0.15) is 40.5 Å². The molecule has 0 aliphatic carbocycles. The van der Waals surface area contributed by atoms with Crippen molar-refractivity contribution in [2.45, 2.75) is 40.5 Å². The highest BCUT2D eigenvalue weighted by Gasteiger charge is 2.14. The second-order valence-electron chi connectivity index (χ2n) is 3.57. The summed E-state index contributed by atoms with van der Waals surface area (Å²) in [7, 11) is 1.64. The summed E-state index contributed by atoms with van der Waals surface area (Å²) in [6.07, 6.45) is 2.50. The van der Waals surface area contributed by atoms with E-state index in [1.807, 2.05) is 0 Å². The third-order valence-electron chi connectivity index (χ3n) is 1.51. The van der Waals surface area contributed by atoms with Gasteiger partial charge in [-0.3, -0.25) is 0 Å². The molecule has 0 spiro atoms. The Balaban J connectivity index is 0. The Bertz CT molecular complexity index is 144. The maximum atomic E-state index is 10.9. The zero-order chi connectivity index (χ0) is 12.8. The molecule has 0 bridgehead atoms. The number of carbonyl (C=O) groups is 1. The number of rotatable bonds is 0. The first-order valence-electron chi connectivity index (χ1n) is 6.22. The van der Waals surface area contributed by atoms with Gasteiger partial charge < -0.3 is 15.0 Å². The van der Waals surface area contributed by atoms with Gasteiger partial charge in [0.1, 0.15) is 0 Å². The molecule has 4 nitrogen and oxygen atoms in total. The molecule has 0 atom stereocenters. The molecule has 1 aliphatic rings. The van der Waals surface area contributed by atoms with Gasteiger partial charge in [0.15, 0.2) is 0 Å². The number of hydrogen-bond acceptors (Lipinski definition) is 2. The molecule has 98 valence electrons. The first-order chi connectivity index (χ1) is 7.67. The Morgan fingerprint density at radius 1 is 1.12 bits per heavy atom. The van der Waals surface area contributed by atoms with Crippen molar-refractivity contribution in [2.24, 2.45) is 0 Å². The van der Waals surface area contributed by atoms with Crippen molar-refractivity contribution in [3.63, 3.8) is 0 Å². The van der Waals surface area contributed by atoms with E-state index in [2.05, 4.69) is 33.0 Å². The number of hydrogen-bond donors (Lipinski definition) is 1. The highest BCUT2D eigenvalue weighted by molar-refractivity contribution is 5.73. The van der Waals surface area contributed by atoms with E-state index in [0.29, 0.717) is 26.3 Å². The van der Waals surface area contributed by atoms with Gasteiger partial charge in [-0.1, -0.05) is 40.5 Å². The molecule has 1 heterocycles. The summed E-state index contributed by atoms with van der Waals surface area (Å²) >= 11 is 0. The topological polar surface area (TPSA) is 41.6 Å². The molecular formula is C12H28N2O2. The largest absolute Gasteiger partial charge is 0.378 e. The lowest BCUT2D eigenvalue weighted by Crippen LogP contribution is -2.44. The number of urea groups is 1. The average Bonchev–Trinajstić information content (AvgIpc) is 2.31. The fourth-order valence-corrected chi connectivity index (χ4v) is 0.925. The number of nitrogens with one attached hydrogen (secondary N) is 1. The molecule has 0 saturated carbocycles. The highest BCUT2D eigenvalue weighted by Crippen LogP contribution is 1.95. The maximum absolute atomic E-state index is 10.9. The monoisotopic (exact) mass is 232 g/mol. The summed E-state index contributed by atoms with van der Waals surface area (Å²) in [6.45, 7) is 11.2. The summed E-state index contributed by atoms with van der Waals surface area (Å²) in [6, 6.07) is -0.0108. The zero-order valence-corrected chi connectivity index (χ0v) is 11.5. The Labute approximate surface area is 100 Å². The lowest BCUT2D eigenvalue weighted by Gasteiger charge is -2.26. The number of ether oxygens (including phenoxy) is 1. The van der Waals surface area contributed by atoms with Gasteiger partial charge in [-0.25, -0.2) is 4.79 Å². The normalized spacial score (nSPS) is 13.9. The van der Waals surface area contributed by atoms with Gasteiger partial charge in [-0.05, 0) is 0 Å². The highest BCUT2D eigenvalue weighted by atomic mass is 16.5. The van der Waals surface area contributed by atoms with Gasteiger partial charge in [-0.2, -0.15) is 0 Å². The van der Waals surface area contributed by atoms with Crippen LogP contribution >= 0.6 is 0 Å². The standard InChI is InChI=1S/C6H12N2O2.2C3H8/c1-7-6(9)8-2-4-10-5-3-8;2*1-3-2/h2-5H2,1H3,(H,7,9);2*3H2,1-2H3. The van der Waals surface area contributed by atoms with Crippen LogP contribution in [0.5, 0.6) is 0 Å². The third-order valence-corrected chi connectivity index (χ3v) is 1.51. The predicted molar refractivity (Wildman–Crippen MR) is 68.8 cm³/mol. The van der Waals surface area contributed by atoms with Crippen LogP contribution in [0.3, 0.4) is 0 Å². The van der Waals surface area contributed by atoms with E-state index in [4.69, 9.17) is 4.74 Å². The van der Waals surface area contributed by atoms with E-state index >= 15 is 0 Å². The molecule has 1 fully saturated rings. The van der Waals surface area contributed by atoms with E-state index in [1.165, 1.54) is 12.8 Å². The molecule has 1 rings (SSSR count). The van der Waals surface area contributed by atoms with Crippen molar-refractivity contribution in [3.05, 3.63) is 0 Å². The van der Waals surface area contributed by atoms with E-state index in [-0.39, 0.29) is 6.03 Å². The molecule has 4 heteroatoms. The molecule has 0 unspecified atom stereocenters. The first-order valence-corrected chi connectivity index (χ1v) is 6.22. The molecule has 2 amide bonds. The van der Waals surface area contributed by atoms with Crippen molar-refractivity contribution in [2.75, 3.05) is 33.4 Å². The van der Waals surface area contributed by atoms with Gasteiger partial charge in [-0.15, -0.1) is 0 Å². The van der Waals surface area contributed by atoms with E-state index in [0.717, 1.165) is 0 Å². The smallest absolute Gasteiger partial charge is 0.317 e.